The van der Waals surface area contributed by atoms with Crippen molar-refractivity contribution in [1.29, 1.82) is 0 Å². The first-order chi connectivity index (χ1) is 12.8. The Morgan fingerprint density at radius 3 is 2.70 bits per heavy atom. The van der Waals surface area contributed by atoms with Crippen molar-refractivity contribution >= 4 is 11.9 Å². The second kappa shape index (κ2) is 7.26. The second-order valence-electron chi connectivity index (χ2n) is 6.82. The number of rotatable bonds is 5. The number of hydrogen-bond acceptors (Lipinski definition) is 6. The number of ether oxygens (including phenoxy) is 3. The highest BCUT2D eigenvalue weighted by atomic mass is 16.5. The predicted octanol–water partition coefficient (Wildman–Crippen LogP) is 3.12. The maximum absolute atomic E-state index is 12.0. The number of fused-ring (bicyclic) bond motifs is 1. The van der Waals surface area contributed by atoms with Crippen LogP contribution in [0.1, 0.15) is 47.2 Å². The standard InChI is InChI=1S/C20H22N2O5/c1-5-21-18(23)15-7-6-13(11-22-15)26-16-8-12(19(24)25-4)9-17-14(16)10-20(2,3)27-17/h6-9,11H,5,10H2,1-4H3,(H,21,23). The smallest absolute Gasteiger partial charge is 0.338 e. The van der Waals surface area contributed by atoms with Crippen LogP contribution < -0.4 is 14.8 Å². The van der Waals surface area contributed by atoms with E-state index in [1.165, 1.54) is 13.3 Å². The molecule has 1 N–H and O–H groups in total. The fraction of sp³-hybridized carbons (Fsp3) is 0.350. The Morgan fingerprint density at radius 2 is 2.07 bits per heavy atom. The number of hydrogen-bond donors (Lipinski definition) is 1. The summed E-state index contributed by atoms with van der Waals surface area (Å²) in [5, 5.41) is 2.69. The molecule has 27 heavy (non-hydrogen) atoms. The number of nitrogens with zero attached hydrogens (tertiary/aromatic N) is 1. The predicted molar refractivity (Wildman–Crippen MR) is 98.5 cm³/mol. The Labute approximate surface area is 157 Å². The van der Waals surface area contributed by atoms with Crippen LogP contribution in [0.5, 0.6) is 17.2 Å². The Hall–Kier alpha value is -3.09. The van der Waals surface area contributed by atoms with Gasteiger partial charge in [0.05, 0.1) is 18.9 Å². The second-order valence-corrected chi connectivity index (χ2v) is 6.82. The van der Waals surface area contributed by atoms with Gasteiger partial charge in [-0.3, -0.25) is 4.79 Å². The van der Waals surface area contributed by atoms with Crippen LogP contribution in [0.2, 0.25) is 0 Å². The van der Waals surface area contributed by atoms with E-state index in [1.807, 2.05) is 20.8 Å². The first-order valence-electron chi connectivity index (χ1n) is 8.69. The van der Waals surface area contributed by atoms with Crippen molar-refractivity contribution in [1.82, 2.24) is 10.3 Å². The van der Waals surface area contributed by atoms with E-state index in [4.69, 9.17) is 14.2 Å². The first-order valence-corrected chi connectivity index (χ1v) is 8.69. The van der Waals surface area contributed by atoms with Gasteiger partial charge in [-0.1, -0.05) is 0 Å². The maximum Gasteiger partial charge on any atom is 0.338 e. The van der Waals surface area contributed by atoms with Gasteiger partial charge in [0, 0.05) is 18.5 Å². The highest BCUT2D eigenvalue weighted by molar-refractivity contribution is 5.92. The molecule has 1 aliphatic heterocycles. The highest BCUT2D eigenvalue weighted by Crippen LogP contribution is 2.42. The fourth-order valence-electron chi connectivity index (χ4n) is 2.92. The normalized spacial score (nSPS) is 14.1. The average molecular weight is 370 g/mol. The third-order valence-corrected chi connectivity index (χ3v) is 4.11. The quantitative estimate of drug-likeness (QED) is 0.814. The van der Waals surface area contributed by atoms with E-state index in [0.29, 0.717) is 41.5 Å². The van der Waals surface area contributed by atoms with E-state index >= 15 is 0 Å². The molecule has 0 radical (unpaired) electrons. The molecule has 2 heterocycles. The molecule has 0 saturated heterocycles. The van der Waals surface area contributed by atoms with Gasteiger partial charge < -0.3 is 19.5 Å². The van der Waals surface area contributed by atoms with Crippen molar-refractivity contribution in [3.63, 3.8) is 0 Å². The Morgan fingerprint density at radius 1 is 1.30 bits per heavy atom. The van der Waals surface area contributed by atoms with E-state index in [0.717, 1.165) is 5.56 Å². The fourth-order valence-corrected chi connectivity index (χ4v) is 2.92. The van der Waals surface area contributed by atoms with E-state index < -0.39 is 11.6 Å². The van der Waals surface area contributed by atoms with E-state index in [1.54, 1.807) is 24.3 Å². The molecule has 0 fully saturated rings. The summed E-state index contributed by atoms with van der Waals surface area (Å²) in [7, 11) is 1.32. The van der Waals surface area contributed by atoms with Gasteiger partial charge in [0.2, 0.25) is 0 Å². The maximum atomic E-state index is 12.0. The Balaban J connectivity index is 1.91. The number of methoxy groups -OCH3 is 1. The molecular formula is C20H22N2O5. The lowest BCUT2D eigenvalue weighted by Crippen LogP contribution is -2.24. The summed E-state index contributed by atoms with van der Waals surface area (Å²) in [5.74, 6) is 0.848. The largest absolute Gasteiger partial charge is 0.487 e. The van der Waals surface area contributed by atoms with Crippen molar-refractivity contribution in [2.45, 2.75) is 32.8 Å². The third-order valence-electron chi connectivity index (χ3n) is 4.11. The summed E-state index contributed by atoms with van der Waals surface area (Å²) >= 11 is 0. The van der Waals surface area contributed by atoms with E-state index in [-0.39, 0.29) is 5.91 Å². The molecule has 0 aliphatic carbocycles. The van der Waals surface area contributed by atoms with Gasteiger partial charge in [-0.05, 0) is 45.0 Å². The minimum absolute atomic E-state index is 0.243. The molecular weight excluding hydrogens is 348 g/mol. The molecule has 0 atom stereocenters. The van der Waals surface area contributed by atoms with Crippen LogP contribution in [0.3, 0.4) is 0 Å². The summed E-state index contributed by atoms with van der Waals surface area (Å²) in [6.45, 7) is 6.31. The summed E-state index contributed by atoms with van der Waals surface area (Å²) in [6.07, 6.45) is 2.12. The summed E-state index contributed by atoms with van der Waals surface area (Å²) in [4.78, 5) is 27.9. The van der Waals surface area contributed by atoms with Gasteiger partial charge in [0.1, 0.15) is 28.5 Å². The van der Waals surface area contributed by atoms with Crippen molar-refractivity contribution in [3.8, 4) is 17.2 Å². The van der Waals surface area contributed by atoms with Crippen molar-refractivity contribution in [3.05, 3.63) is 47.3 Å². The van der Waals surface area contributed by atoms with Crippen LogP contribution in [-0.4, -0.2) is 36.1 Å². The molecule has 7 heteroatoms. The number of amides is 1. The molecule has 0 bridgehead atoms. The van der Waals surface area contributed by atoms with Crippen LogP contribution in [-0.2, 0) is 11.2 Å². The van der Waals surface area contributed by atoms with Gasteiger partial charge in [-0.15, -0.1) is 0 Å². The molecule has 1 aromatic heterocycles. The monoisotopic (exact) mass is 370 g/mol. The van der Waals surface area contributed by atoms with Gasteiger partial charge in [0.25, 0.3) is 5.91 Å². The van der Waals surface area contributed by atoms with Gasteiger partial charge in [0.15, 0.2) is 0 Å². The lowest BCUT2D eigenvalue weighted by Gasteiger charge is -2.16. The lowest BCUT2D eigenvalue weighted by atomic mass is 10.00. The number of pyridine rings is 1. The van der Waals surface area contributed by atoms with Crippen molar-refractivity contribution in [2.24, 2.45) is 0 Å². The average Bonchev–Trinajstić information content (AvgIpc) is 2.96. The van der Waals surface area contributed by atoms with E-state index in [2.05, 4.69) is 10.3 Å². The van der Waals surface area contributed by atoms with Crippen LogP contribution in [0.4, 0.5) is 0 Å². The zero-order valence-electron chi connectivity index (χ0n) is 15.8. The molecule has 0 spiro atoms. The lowest BCUT2D eigenvalue weighted by molar-refractivity contribution is 0.0599. The highest BCUT2D eigenvalue weighted by Gasteiger charge is 2.34. The molecule has 3 rings (SSSR count). The zero-order chi connectivity index (χ0) is 19.6. The van der Waals surface area contributed by atoms with Crippen LogP contribution in [0.15, 0.2) is 30.5 Å². The molecule has 7 nitrogen and oxygen atoms in total. The first kappa shape index (κ1) is 18.7. The van der Waals surface area contributed by atoms with Crippen molar-refractivity contribution in [2.75, 3.05) is 13.7 Å². The van der Waals surface area contributed by atoms with Gasteiger partial charge >= 0.3 is 5.97 Å². The van der Waals surface area contributed by atoms with Gasteiger partial charge in [-0.2, -0.15) is 0 Å². The minimum atomic E-state index is -0.472. The van der Waals surface area contributed by atoms with Gasteiger partial charge in [-0.25, -0.2) is 9.78 Å². The molecule has 0 unspecified atom stereocenters. The summed E-state index contributed by atoms with van der Waals surface area (Å²) < 4.78 is 16.7. The van der Waals surface area contributed by atoms with Crippen molar-refractivity contribution < 1.29 is 23.8 Å². The number of carbonyl (C=O) groups excluding carboxylic acids is 2. The molecule has 1 aromatic carbocycles. The minimum Gasteiger partial charge on any atom is -0.487 e. The molecule has 2 aromatic rings. The summed E-state index contributed by atoms with van der Waals surface area (Å²) in [5.41, 5.74) is 1.13. The van der Waals surface area contributed by atoms with E-state index in [9.17, 15) is 9.59 Å². The topological polar surface area (TPSA) is 86.8 Å². The van der Waals surface area contributed by atoms with Crippen LogP contribution >= 0.6 is 0 Å². The molecule has 1 aliphatic rings. The SMILES string of the molecule is CCNC(=O)c1ccc(Oc2cc(C(=O)OC)cc3c2CC(C)(C)O3)cn1. The number of benzene rings is 1. The molecule has 142 valence electrons. The third kappa shape index (κ3) is 4.02. The number of nitrogens with one attached hydrogen (secondary N) is 1. The number of aromatic nitrogens is 1. The molecule has 0 saturated carbocycles. The Bertz CT molecular complexity index is 875. The van der Waals surface area contributed by atoms with Crippen LogP contribution in [0, 0.1) is 0 Å². The summed E-state index contributed by atoms with van der Waals surface area (Å²) in [6, 6.07) is 6.55. The number of esters is 1. The molecule has 1 amide bonds. The van der Waals surface area contributed by atoms with Crippen LogP contribution in [0.25, 0.3) is 0 Å². The Kier molecular flexibility index (Phi) is 5.03. The zero-order valence-corrected chi connectivity index (χ0v) is 15.8. The number of carbonyl (C=O) groups is 2.